The average Bonchev–Trinajstić information content (AvgIpc) is 2.54. The summed E-state index contributed by atoms with van der Waals surface area (Å²) in [6.45, 7) is 4.28. The standard InChI is InChI=1S/C16H24N2O4S/c1-12-6-4-5-11-18(12)16(19)13(2)17-23(20,21)15-9-7-14(22-3)8-10-15/h7-10,12-13,17H,4-6,11H2,1-3H3/t12-,13+/m1/s1. The Kier molecular flexibility index (Phi) is 5.64. The van der Waals surface area contributed by atoms with Crippen LogP contribution in [0.4, 0.5) is 0 Å². The zero-order chi connectivity index (χ0) is 17.0. The molecule has 2 rings (SSSR count). The summed E-state index contributed by atoms with van der Waals surface area (Å²) in [6, 6.07) is 5.44. The Hall–Kier alpha value is -1.60. The van der Waals surface area contributed by atoms with Crippen molar-refractivity contribution in [1.82, 2.24) is 9.62 Å². The number of sulfonamides is 1. The number of amides is 1. The van der Waals surface area contributed by atoms with Crippen molar-refractivity contribution in [2.24, 2.45) is 0 Å². The smallest absolute Gasteiger partial charge is 0.241 e. The molecule has 1 aliphatic rings. The monoisotopic (exact) mass is 340 g/mol. The highest BCUT2D eigenvalue weighted by Crippen LogP contribution is 2.19. The maximum atomic E-state index is 12.5. The number of nitrogens with zero attached hydrogens (tertiary/aromatic N) is 1. The zero-order valence-corrected chi connectivity index (χ0v) is 14.6. The Bertz CT molecular complexity index is 643. The summed E-state index contributed by atoms with van der Waals surface area (Å²) in [7, 11) is -2.22. The molecular weight excluding hydrogens is 316 g/mol. The Morgan fingerprint density at radius 2 is 1.96 bits per heavy atom. The zero-order valence-electron chi connectivity index (χ0n) is 13.8. The Morgan fingerprint density at radius 3 is 2.52 bits per heavy atom. The number of piperidine rings is 1. The van der Waals surface area contributed by atoms with E-state index in [2.05, 4.69) is 4.72 Å². The van der Waals surface area contributed by atoms with Gasteiger partial charge in [0.2, 0.25) is 15.9 Å². The first kappa shape index (κ1) is 17.7. The lowest BCUT2D eigenvalue weighted by atomic mass is 10.0. The van der Waals surface area contributed by atoms with Gasteiger partial charge < -0.3 is 9.64 Å². The molecular formula is C16H24N2O4S. The maximum absolute atomic E-state index is 12.5. The number of nitrogens with one attached hydrogen (secondary N) is 1. The molecule has 0 saturated carbocycles. The SMILES string of the molecule is COc1ccc(S(=O)(=O)N[C@@H](C)C(=O)N2CCCC[C@H]2C)cc1. The lowest BCUT2D eigenvalue weighted by Gasteiger charge is -2.35. The van der Waals surface area contributed by atoms with Gasteiger partial charge in [-0.05, 0) is 57.4 Å². The van der Waals surface area contributed by atoms with E-state index >= 15 is 0 Å². The second kappa shape index (κ2) is 7.31. The molecule has 0 bridgehead atoms. The Balaban J connectivity index is 2.07. The molecule has 2 atom stereocenters. The number of hydrogen-bond acceptors (Lipinski definition) is 4. The summed E-state index contributed by atoms with van der Waals surface area (Å²) in [5, 5.41) is 0. The van der Waals surface area contributed by atoms with Crippen LogP contribution in [-0.4, -0.2) is 45.0 Å². The van der Waals surface area contributed by atoms with Gasteiger partial charge in [0, 0.05) is 12.6 Å². The number of ether oxygens (including phenoxy) is 1. The third-order valence-electron chi connectivity index (χ3n) is 4.16. The number of methoxy groups -OCH3 is 1. The molecule has 6 nitrogen and oxygen atoms in total. The molecule has 1 saturated heterocycles. The first-order valence-corrected chi connectivity index (χ1v) is 9.30. The van der Waals surface area contributed by atoms with Crippen molar-refractivity contribution in [2.75, 3.05) is 13.7 Å². The first-order chi connectivity index (χ1) is 10.8. The van der Waals surface area contributed by atoms with E-state index < -0.39 is 16.1 Å². The highest BCUT2D eigenvalue weighted by atomic mass is 32.2. The molecule has 1 N–H and O–H groups in total. The van der Waals surface area contributed by atoms with E-state index in [-0.39, 0.29) is 16.8 Å². The van der Waals surface area contributed by atoms with Crippen molar-refractivity contribution >= 4 is 15.9 Å². The molecule has 0 aromatic heterocycles. The van der Waals surface area contributed by atoms with Gasteiger partial charge in [-0.2, -0.15) is 4.72 Å². The average molecular weight is 340 g/mol. The van der Waals surface area contributed by atoms with Gasteiger partial charge in [-0.1, -0.05) is 0 Å². The van der Waals surface area contributed by atoms with Gasteiger partial charge in [-0.15, -0.1) is 0 Å². The molecule has 0 aliphatic carbocycles. The van der Waals surface area contributed by atoms with Crippen LogP contribution in [0.5, 0.6) is 5.75 Å². The van der Waals surface area contributed by atoms with Crippen LogP contribution in [0.25, 0.3) is 0 Å². The van der Waals surface area contributed by atoms with E-state index in [1.807, 2.05) is 6.92 Å². The van der Waals surface area contributed by atoms with Crippen molar-refractivity contribution < 1.29 is 17.9 Å². The van der Waals surface area contributed by atoms with Gasteiger partial charge in [0.25, 0.3) is 0 Å². The van der Waals surface area contributed by atoms with Crippen LogP contribution in [0, 0.1) is 0 Å². The maximum Gasteiger partial charge on any atom is 0.241 e. The molecule has 1 amide bonds. The fourth-order valence-electron chi connectivity index (χ4n) is 2.78. The predicted molar refractivity (Wildman–Crippen MR) is 87.8 cm³/mol. The number of rotatable bonds is 5. The third kappa shape index (κ3) is 4.23. The number of likely N-dealkylation sites (tertiary alicyclic amines) is 1. The number of carbonyl (C=O) groups is 1. The van der Waals surface area contributed by atoms with Crippen molar-refractivity contribution in [3.05, 3.63) is 24.3 Å². The summed E-state index contributed by atoms with van der Waals surface area (Å²) < 4.78 is 32.3. The van der Waals surface area contributed by atoms with Crippen LogP contribution >= 0.6 is 0 Å². The number of benzene rings is 1. The highest BCUT2D eigenvalue weighted by Gasteiger charge is 2.29. The lowest BCUT2D eigenvalue weighted by molar-refractivity contribution is -0.135. The summed E-state index contributed by atoms with van der Waals surface area (Å²) in [5.41, 5.74) is 0. The van der Waals surface area contributed by atoms with Gasteiger partial charge in [0.15, 0.2) is 0 Å². The fourth-order valence-corrected chi connectivity index (χ4v) is 3.98. The van der Waals surface area contributed by atoms with E-state index in [0.717, 1.165) is 19.3 Å². The topological polar surface area (TPSA) is 75.7 Å². The Morgan fingerprint density at radius 1 is 1.30 bits per heavy atom. The van der Waals surface area contributed by atoms with E-state index in [9.17, 15) is 13.2 Å². The predicted octanol–water partition coefficient (Wildman–Crippen LogP) is 1.76. The minimum atomic E-state index is -3.74. The largest absolute Gasteiger partial charge is 0.497 e. The highest BCUT2D eigenvalue weighted by molar-refractivity contribution is 7.89. The minimum absolute atomic E-state index is 0.115. The molecule has 0 unspecified atom stereocenters. The van der Waals surface area contributed by atoms with Crippen molar-refractivity contribution in [1.29, 1.82) is 0 Å². The molecule has 1 heterocycles. The second-order valence-electron chi connectivity index (χ2n) is 5.89. The molecule has 7 heteroatoms. The minimum Gasteiger partial charge on any atom is -0.497 e. The van der Waals surface area contributed by atoms with Gasteiger partial charge >= 0.3 is 0 Å². The first-order valence-electron chi connectivity index (χ1n) is 7.82. The van der Waals surface area contributed by atoms with E-state index in [4.69, 9.17) is 4.74 Å². The van der Waals surface area contributed by atoms with Gasteiger partial charge in [-0.3, -0.25) is 4.79 Å². The number of carbonyl (C=O) groups excluding carboxylic acids is 1. The molecule has 1 fully saturated rings. The van der Waals surface area contributed by atoms with Crippen LogP contribution in [0.3, 0.4) is 0 Å². The van der Waals surface area contributed by atoms with Gasteiger partial charge in [-0.25, -0.2) is 8.42 Å². The van der Waals surface area contributed by atoms with Gasteiger partial charge in [0.05, 0.1) is 18.0 Å². The quantitative estimate of drug-likeness (QED) is 0.886. The van der Waals surface area contributed by atoms with Crippen LogP contribution < -0.4 is 9.46 Å². The molecule has 0 spiro atoms. The Labute approximate surface area is 137 Å². The molecule has 1 aliphatic heterocycles. The van der Waals surface area contributed by atoms with Crippen LogP contribution in [0.1, 0.15) is 33.1 Å². The molecule has 23 heavy (non-hydrogen) atoms. The molecule has 0 radical (unpaired) electrons. The van der Waals surface area contributed by atoms with E-state index in [1.54, 1.807) is 24.0 Å². The molecule has 128 valence electrons. The second-order valence-corrected chi connectivity index (χ2v) is 7.61. The fraction of sp³-hybridized carbons (Fsp3) is 0.562. The van der Waals surface area contributed by atoms with Crippen molar-refractivity contribution in [2.45, 2.75) is 50.1 Å². The summed E-state index contributed by atoms with van der Waals surface area (Å²) in [6.07, 6.45) is 3.04. The third-order valence-corrected chi connectivity index (χ3v) is 5.71. The van der Waals surface area contributed by atoms with Crippen LogP contribution in [0.2, 0.25) is 0 Å². The van der Waals surface area contributed by atoms with Crippen LogP contribution in [0.15, 0.2) is 29.2 Å². The molecule has 1 aromatic carbocycles. The summed E-state index contributed by atoms with van der Waals surface area (Å²) in [5.74, 6) is 0.407. The lowest BCUT2D eigenvalue weighted by Crippen LogP contribution is -2.51. The van der Waals surface area contributed by atoms with Crippen molar-refractivity contribution in [3.63, 3.8) is 0 Å². The normalized spacial score (nSPS) is 20.1. The van der Waals surface area contributed by atoms with Crippen LogP contribution in [-0.2, 0) is 14.8 Å². The van der Waals surface area contributed by atoms with Gasteiger partial charge in [0.1, 0.15) is 5.75 Å². The van der Waals surface area contributed by atoms with E-state index in [1.165, 1.54) is 19.2 Å². The summed E-state index contributed by atoms with van der Waals surface area (Å²) in [4.78, 5) is 14.4. The van der Waals surface area contributed by atoms with Crippen molar-refractivity contribution in [3.8, 4) is 5.75 Å². The summed E-state index contributed by atoms with van der Waals surface area (Å²) >= 11 is 0. The molecule has 1 aromatic rings. The number of hydrogen-bond donors (Lipinski definition) is 1. The van der Waals surface area contributed by atoms with E-state index in [0.29, 0.717) is 12.3 Å².